The zero-order chi connectivity index (χ0) is 12.9. The molecule has 0 atom stereocenters. The Hall–Kier alpha value is -1.20. The summed E-state index contributed by atoms with van der Waals surface area (Å²) in [6.07, 6.45) is 2.22. The molecule has 17 heavy (non-hydrogen) atoms. The average molecular weight is 256 g/mol. The number of Topliss-reactive ketones (excluding diaryl/α,β-unsaturated/α-hetero) is 1. The number of ether oxygens (including phenoxy) is 1. The van der Waals surface area contributed by atoms with E-state index in [9.17, 15) is 13.2 Å². The predicted octanol–water partition coefficient (Wildman–Crippen LogP) is 1.70. The van der Waals surface area contributed by atoms with Crippen LogP contribution in [-0.4, -0.2) is 34.2 Å². The zero-order valence-corrected chi connectivity index (χ0v) is 10.8. The molecule has 0 fully saturated rings. The lowest BCUT2D eigenvalue weighted by molar-refractivity contribution is 0.0963. The maximum atomic E-state index is 11.7. The largest absolute Gasteiger partial charge is 0.385 e. The molecule has 0 radical (unpaired) electrons. The summed E-state index contributed by atoms with van der Waals surface area (Å²) in [7, 11) is -1.61. The van der Waals surface area contributed by atoms with Crippen LogP contribution in [0.5, 0.6) is 0 Å². The molecule has 0 bridgehead atoms. The maximum absolute atomic E-state index is 11.7. The number of rotatable bonds is 6. The van der Waals surface area contributed by atoms with Crippen LogP contribution in [0.4, 0.5) is 0 Å². The second-order valence-electron chi connectivity index (χ2n) is 3.82. The summed E-state index contributed by atoms with van der Waals surface area (Å²) in [5.74, 6) is 0.00195. The second-order valence-corrected chi connectivity index (χ2v) is 5.83. The van der Waals surface area contributed by atoms with Crippen LogP contribution in [0.15, 0.2) is 29.2 Å². The molecule has 0 saturated carbocycles. The van der Waals surface area contributed by atoms with Crippen molar-refractivity contribution < 1.29 is 17.9 Å². The molecule has 0 heterocycles. The standard InChI is InChI=1S/C12H16O4S/c1-16-9-3-4-12(13)10-5-7-11(8-6-10)17(2,14)15/h5-8H,3-4,9H2,1-2H3. The monoisotopic (exact) mass is 256 g/mol. The average Bonchev–Trinajstić information content (AvgIpc) is 2.28. The van der Waals surface area contributed by atoms with Crippen LogP contribution in [0.3, 0.4) is 0 Å². The highest BCUT2D eigenvalue weighted by Crippen LogP contribution is 2.12. The molecule has 1 rings (SSSR count). The third-order valence-electron chi connectivity index (χ3n) is 2.36. The minimum atomic E-state index is -3.20. The number of ketones is 1. The van der Waals surface area contributed by atoms with Gasteiger partial charge in [0, 0.05) is 32.0 Å². The summed E-state index contributed by atoms with van der Waals surface area (Å²) in [5.41, 5.74) is 0.536. The number of hydrogen-bond donors (Lipinski definition) is 0. The number of sulfone groups is 1. The van der Waals surface area contributed by atoms with Crippen LogP contribution in [-0.2, 0) is 14.6 Å². The highest BCUT2D eigenvalue weighted by Gasteiger charge is 2.09. The maximum Gasteiger partial charge on any atom is 0.175 e. The fourth-order valence-corrected chi connectivity index (χ4v) is 2.04. The van der Waals surface area contributed by atoms with Gasteiger partial charge in [0.2, 0.25) is 0 Å². The summed E-state index contributed by atoms with van der Waals surface area (Å²) in [6, 6.07) is 6.01. The molecule has 0 amide bonds. The van der Waals surface area contributed by atoms with Crippen molar-refractivity contribution in [2.24, 2.45) is 0 Å². The van der Waals surface area contributed by atoms with Gasteiger partial charge in [-0.05, 0) is 18.6 Å². The molecule has 0 aliphatic carbocycles. The number of methoxy groups -OCH3 is 1. The molecular weight excluding hydrogens is 240 g/mol. The van der Waals surface area contributed by atoms with Crippen molar-refractivity contribution in [3.63, 3.8) is 0 Å². The first-order chi connectivity index (χ1) is 7.95. The molecular formula is C12H16O4S. The van der Waals surface area contributed by atoms with Crippen molar-refractivity contribution in [1.82, 2.24) is 0 Å². The Morgan fingerprint density at radius 2 is 1.82 bits per heavy atom. The Morgan fingerprint density at radius 1 is 1.24 bits per heavy atom. The summed E-state index contributed by atoms with van der Waals surface area (Å²) in [5, 5.41) is 0. The Morgan fingerprint density at radius 3 is 2.29 bits per heavy atom. The van der Waals surface area contributed by atoms with Crippen LogP contribution < -0.4 is 0 Å². The van der Waals surface area contributed by atoms with Gasteiger partial charge in [-0.15, -0.1) is 0 Å². The Bertz CT molecular complexity index is 474. The van der Waals surface area contributed by atoms with Crippen LogP contribution in [0.1, 0.15) is 23.2 Å². The van der Waals surface area contributed by atoms with Crippen LogP contribution in [0, 0.1) is 0 Å². The lowest BCUT2D eigenvalue weighted by Gasteiger charge is -2.02. The molecule has 94 valence electrons. The molecule has 0 aromatic heterocycles. The number of carbonyl (C=O) groups is 1. The first-order valence-corrected chi connectivity index (χ1v) is 7.16. The number of hydrogen-bond acceptors (Lipinski definition) is 4. The fraction of sp³-hybridized carbons (Fsp3) is 0.417. The molecule has 0 spiro atoms. The third kappa shape index (κ3) is 4.28. The van der Waals surface area contributed by atoms with E-state index in [0.29, 0.717) is 25.0 Å². The summed E-state index contributed by atoms with van der Waals surface area (Å²) >= 11 is 0. The molecule has 0 N–H and O–H groups in total. The van der Waals surface area contributed by atoms with Crippen molar-refractivity contribution in [2.45, 2.75) is 17.7 Å². The van der Waals surface area contributed by atoms with Crippen LogP contribution in [0.25, 0.3) is 0 Å². The van der Waals surface area contributed by atoms with E-state index in [0.717, 1.165) is 6.26 Å². The lowest BCUT2D eigenvalue weighted by Crippen LogP contribution is -2.02. The van der Waals surface area contributed by atoms with Gasteiger partial charge in [-0.1, -0.05) is 12.1 Å². The van der Waals surface area contributed by atoms with E-state index in [1.807, 2.05) is 0 Å². The Kier molecular flexibility index (Phi) is 4.84. The quantitative estimate of drug-likeness (QED) is 0.574. The summed E-state index contributed by atoms with van der Waals surface area (Å²) in [6.45, 7) is 0.549. The van der Waals surface area contributed by atoms with E-state index in [1.54, 1.807) is 19.2 Å². The summed E-state index contributed by atoms with van der Waals surface area (Å²) < 4.78 is 27.3. The molecule has 0 unspecified atom stereocenters. The fourth-order valence-electron chi connectivity index (χ4n) is 1.41. The predicted molar refractivity (Wildman–Crippen MR) is 65.0 cm³/mol. The molecule has 1 aromatic rings. The molecule has 0 saturated heterocycles. The van der Waals surface area contributed by atoms with E-state index in [4.69, 9.17) is 4.74 Å². The highest BCUT2D eigenvalue weighted by atomic mass is 32.2. The molecule has 1 aromatic carbocycles. The van der Waals surface area contributed by atoms with Crippen molar-refractivity contribution >= 4 is 15.6 Å². The second kappa shape index (κ2) is 5.93. The van der Waals surface area contributed by atoms with Crippen molar-refractivity contribution in [1.29, 1.82) is 0 Å². The highest BCUT2D eigenvalue weighted by molar-refractivity contribution is 7.90. The van der Waals surface area contributed by atoms with Gasteiger partial charge < -0.3 is 4.74 Å². The van der Waals surface area contributed by atoms with Crippen molar-refractivity contribution in [3.05, 3.63) is 29.8 Å². The Labute approximate surface area is 102 Å². The van der Waals surface area contributed by atoms with Crippen LogP contribution >= 0.6 is 0 Å². The van der Waals surface area contributed by atoms with Gasteiger partial charge in [-0.25, -0.2) is 8.42 Å². The molecule has 0 aliphatic heterocycles. The van der Waals surface area contributed by atoms with E-state index in [-0.39, 0.29) is 10.7 Å². The lowest BCUT2D eigenvalue weighted by atomic mass is 10.1. The van der Waals surface area contributed by atoms with E-state index in [1.165, 1.54) is 12.1 Å². The van der Waals surface area contributed by atoms with E-state index in [2.05, 4.69) is 0 Å². The van der Waals surface area contributed by atoms with Crippen molar-refractivity contribution in [2.75, 3.05) is 20.0 Å². The van der Waals surface area contributed by atoms with Crippen molar-refractivity contribution in [3.8, 4) is 0 Å². The number of carbonyl (C=O) groups excluding carboxylic acids is 1. The normalized spacial score (nSPS) is 11.4. The van der Waals surface area contributed by atoms with Gasteiger partial charge in [0.1, 0.15) is 0 Å². The zero-order valence-electron chi connectivity index (χ0n) is 9.97. The minimum absolute atomic E-state index is 0.00195. The molecule has 4 nitrogen and oxygen atoms in total. The molecule has 0 aliphatic rings. The first kappa shape index (κ1) is 13.9. The third-order valence-corrected chi connectivity index (χ3v) is 3.49. The Balaban J connectivity index is 2.71. The van der Waals surface area contributed by atoms with E-state index >= 15 is 0 Å². The first-order valence-electron chi connectivity index (χ1n) is 5.27. The van der Waals surface area contributed by atoms with E-state index < -0.39 is 9.84 Å². The van der Waals surface area contributed by atoms with Gasteiger partial charge in [0.25, 0.3) is 0 Å². The smallest absolute Gasteiger partial charge is 0.175 e. The van der Waals surface area contributed by atoms with Gasteiger partial charge in [-0.2, -0.15) is 0 Å². The van der Waals surface area contributed by atoms with Gasteiger partial charge in [0.05, 0.1) is 4.90 Å². The van der Waals surface area contributed by atoms with Gasteiger partial charge in [0.15, 0.2) is 15.6 Å². The SMILES string of the molecule is COCCCC(=O)c1ccc(S(C)(=O)=O)cc1. The van der Waals surface area contributed by atoms with Crippen LogP contribution in [0.2, 0.25) is 0 Å². The summed E-state index contributed by atoms with van der Waals surface area (Å²) in [4.78, 5) is 11.9. The van der Waals surface area contributed by atoms with Gasteiger partial charge in [-0.3, -0.25) is 4.79 Å². The minimum Gasteiger partial charge on any atom is -0.385 e. The molecule has 5 heteroatoms. The topological polar surface area (TPSA) is 60.4 Å². The van der Waals surface area contributed by atoms with Gasteiger partial charge >= 0.3 is 0 Å². The number of benzene rings is 1.